The molecule has 1 unspecified atom stereocenters. The van der Waals surface area contributed by atoms with Crippen molar-refractivity contribution in [1.29, 1.82) is 0 Å². The van der Waals surface area contributed by atoms with Gasteiger partial charge < -0.3 is 24.3 Å². The number of benzene rings is 2. The van der Waals surface area contributed by atoms with Crippen LogP contribution in [0.4, 0.5) is 0 Å². The van der Waals surface area contributed by atoms with E-state index in [0.29, 0.717) is 17.3 Å². The highest BCUT2D eigenvalue weighted by atomic mass is 16.5. The summed E-state index contributed by atoms with van der Waals surface area (Å²) in [6.45, 7) is 1.67. The molecule has 1 aliphatic heterocycles. The first-order valence-corrected chi connectivity index (χ1v) is 12.7. The van der Waals surface area contributed by atoms with Gasteiger partial charge in [-0.05, 0) is 31.0 Å². The van der Waals surface area contributed by atoms with E-state index in [1.165, 1.54) is 12.0 Å². The van der Waals surface area contributed by atoms with Crippen molar-refractivity contribution >= 4 is 45.6 Å². The number of amides is 2. The van der Waals surface area contributed by atoms with E-state index in [-0.39, 0.29) is 43.5 Å². The molecular formula is C29H28N4O6. The highest BCUT2D eigenvalue weighted by molar-refractivity contribution is 6.12. The smallest absolute Gasteiger partial charge is 0.356 e. The first-order chi connectivity index (χ1) is 18.9. The van der Waals surface area contributed by atoms with Crippen molar-refractivity contribution in [1.82, 2.24) is 19.8 Å². The lowest BCUT2D eigenvalue weighted by atomic mass is 10.0. The average Bonchev–Trinajstić information content (AvgIpc) is 3.20. The van der Waals surface area contributed by atoms with Crippen LogP contribution in [0.2, 0.25) is 0 Å². The Labute approximate surface area is 224 Å². The number of ether oxygens (including phenoxy) is 2. The van der Waals surface area contributed by atoms with Crippen molar-refractivity contribution in [2.24, 2.45) is 0 Å². The van der Waals surface area contributed by atoms with Crippen molar-refractivity contribution in [3.8, 4) is 0 Å². The molecule has 3 heterocycles. The predicted molar refractivity (Wildman–Crippen MR) is 143 cm³/mol. The van der Waals surface area contributed by atoms with Gasteiger partial charge in [0.05, 0.1) is 24.9 Å². The van der Waals surface area contributed by atoms with Crippen molar-refractivity contribution in [2.45, 2.75) is 25.9 Å². The van der Waals surface area contributed by atoms with Gasteiger partial charge in [-0.1, -0.05) is 48.5 Å². The summed E-state index contributed by atoms with van der Waals surface area (Å²) in [7, 11) is 1.26. The fourth-order valence-corrected chi connectivity index (χ4v) is 5.07. The van der Waals surface area contributed by atoms with Crippen LogP contribution in [0.15, 0.2) is 60.7 Å². The largest absolute Gasteiger partial charge is 0.465 e. The van der Waals surface area contributed by atoms with Gasteiger partial charge in [0.15, 0.2) is 6.04 Å². The first-order valence-electron chi connectivity index (χ1n) is 12.7. The summed E-state index contributed by atoms with van der Waals surface area (Å²) in [5, 5.41) is 4.11. The number of rotatable bonds is 8. The monoisotopic (exact) mass is 528 g/mol. The van der Waals surface area contributed by atoms with Crippen LogP contribution in [-0.4, -0.2) is 65.0 Å². The quantitative estimate of drug-likeness (QED) is 0.349. The Bertz CT molecular complexity index is 1580. The maximum Gasteiger partial charge on any atom is 0.356 e. The van der Waals surface area contributed by atoms with Gasteiger partial charge in [-0.3, -0.25) is 14.4 Å². The van der Waals surface area contributed by atoms with Gasteiger partial charge in [0, 0.05) is 22.8 Å². The van der Waals surface area contributed by atoms with Gasteiger partial charge in [-0.25, -0.2) is 9.78 Å². The number of carbonyl (C=O) groups excluding carboxylic acids is 4. The second-order valence-electron chi connectivity index (χ2n) is 9.13. The average molecular weight is 529 g/mol. The molecule has 1 aliphatic rings. The number of para-hydroxylation sites is 1. The van der Waals surface area contributed by atoms with E-state index in [2.05, 4.69) is 10.3 Å². The summed E-state index contributed by atoms with van der Waals surface area (Å²) in [6.07, 6.45) is 0.490. The summed E-state index contributed by atoms with van der Waals surface area (Å²) in [4.78, 5) is 58.4. The van der Waals surface area contributed by atoms with Crippen LogP contribution in [0.25, 0.3) is 21.8 Å². The predicted octanol–water partition coefficient (Wildman–Crippen LogP) is 2.78. The number of aromatic nitrogens is 2. The number of nitrogens with zero attached hydrogens (tertiary/aromatic N) is 3. The topological polar surface area (TPSA) is 120 Å². The van der Waals surface area contributed by atoms with E-state index in [9.17, 15) is 19.2 Å². The Morgan fingerprint density at radius 3 is 2.54 bits per heavy atom. The molecule has 2 aromatic carbocycles. The van der Waals surface area contributed by atoms with Crippen LogP contribution in [0, 0.1) is 0 Å². The van der Waals surface area contributed by atoms with Crippen LogP contribution < -0.4 is 5.32 Å². The van der Waals surface area contributed by atoms with Crippen LogP contribution in [0.1, 0.15) is 34.7 Å². The van der Waals surface area contributed by atoms with E-state index in [1.54, 1.807) is 13.0 Å². The fourth-order valence-electron chi connectivity index (χ4n) is 5.07. The second kappa shape index (κ2) is 10.9. The van der Waals surface area contributed by atoms with Crippen LogP contribution in [-0.2, 0) is 36.8 Å². The lowest BCUT2D eigenvalue weighted by molar-refractivity contribution is -0.145. The molecule has 10 heteroatoms. The molecule has 0 spiro atoms. The van der Waals surface area contributed by atoms with Crippen LogP contribution in [0.5, 0.6) is 0 Å². The van der Waals surface area contributed by atoms with E-state index in [4.69, 9.17) is 9.47 Å². The molecule has 10 nitrogen and oxygen atoms in total. The Morgan fingerprint density at radius 2 is 1.79 bits per heavy atom. The van der Waals surface area contributed by atoms with Crippen LogP contribution >= 0.6 is 0 Å². The zero-order valence-corrected chi connectivity index (χ0v) is 21.7. The van der Waals surface area contributed by atoms with E-state index < -0.39 is 23.9 Å². The molecule has 0 bridgehead atoms. The number of esters is 2. The normalized spacial score (nSPS) is 14.8. The number of pyridine rings is 1. The second-order valence-corrected chi connectivity index (χ2v) is 9.13. The third-order valence-corrected chi connectivity index (χ3v) is 6.80. The molecule has 0 fully saturated rings. The minimum atomic E-state index is -1.20. The van der Waals surface area contributed by atoms with E-state index in [0.717, 1.165) is 16.5 Å². The van der Waals surface area contributed by atoms with Crippen molar-refractivity contribution in [3.05, 3.63) is 77.6 Å². The molecular weight excluding hydrogens is 500 g/mol. The molecule has 0 radical (unpaired) electrons. The summed E-state index contributed by atoms with van der Waals surface area (Å²) in [5.74, 6) is -2.15. The zero-order valence-electron chi connectivity index (χ0n) is 21.7. The van der Waals surface area contributed by atoms with Gasteiger partial charge >= 0.3 is 11.9 Å². The number of fused-ring (bicyclic) bond motifs is 3. The molecule has 1 atom stereocenters. The lowest BCUT2D eigenvalue weighted by Gasteiger charge is -2.29. The van der Waals surface area contributed by atoms with Gasteiger partial charge in [0.25, 0.3) is 0 Å². The number of methoxy groups -OCH3 is 1. The maximum atomic E-state index is 13.8. The molecule has 0 aliphatic carbocycles. The van der Waals surface area contributed by atoms with Crippen LogP contribution in [0.3, 0.4) is 0 Å². The summed E-state index contributed by atoms with van der Waals surface area (Å²) in [5.41, 5.74) is 2.61. The number of hydrogen-bond donors (Lipinski definition) is 1. The van der Waals surface area contributed by atoms with E-state index in [1.807, 2.05) is 59.2 Å². The van der Waals surface area contributed by atoms with Gasteiger partial charge in [0.1, 0.15) is 18.8 Å². The molecule has 2 amide bonds. The zero-order chi connectivity index (χ0) is 27.5. The first kappa shape index (κ1) is 25.9. The van der Waals surface area contributed by atoms with Gasteiger partial charge in [0.2, 0.25) is 11.8 Å². The lowest BCUT2D eigenvalue weighted by Crippen LogP contribution is -2.46. The standard InChI is InChI=1S/C29H28N4O6/c1-3-39-24(35)16-30-28(36)27-25-26-20(15-21(31-25)29(37)38-2)19-11-7-8-12-22(19)33(26)17-23(34)32(27)14-13-18-9-5-4-6-10-18/h4-12,15,27H,3,13-14,16-17H2,1-2H3,(H,30,36). The highest BCUT2D eigenvalue weighted by Crippen LogP contribution is 2.37. The SMILES string of the molecule is CCOC(=O)CNC(=O)C1c2nc(C(=O)OC)cc3c4ccccc4n(c23)CC(=O)N1CCc1ccccc1. The summed E-state index contributed by atoms with van der Waals surface area (Å²) >= 11 is 0. The number of nitrogens with one attached hydrogen (secondary N) is 1. The molecule has 0 saturated carbocycles. The summed E-state index contributed by atoms with van der Waals surface area (Å²) in [6, 6.07) is 17.6. The summed E-state index contributed by atoms with van der Waals surface area (Å²) < 4.78 is 11.8. The minimum Gasteiger partial charge on any atom is -0.465 e. The highest BCUT2D eigenvalue weighted by Gasteiger charge is 2.39. The molecule has 2 aromatic heterocycles. The Kier molecular flexibility index (Phi) is 7.27. The molecule has 0 saturated heterocycles. The molecule has 1 N–H and O–H groups in total. The van der Waals surface area contributed by atoms with E-state index >= 15 is 0 Å². The molecule has 39 heavy (non-hydrogen) atoms. The van der Waals surface area contributed by atoms with Gasteiger partial charge in [-0.2, -0.15) is 0 Å². The number of carbonyl (C=O) groups is 4. The number of hydrogen-bond acceptors (Lipinski definition) is 7. The Hall–Kier alpha value is -4.73. The maximum absolute atomic E-state index is 13.8. The third kappa shape index (κ3) is 4.93. The molecule has 4 aromatic rings. The Morgan fingerprint density at radius 1 is 1.05 bits per heavy atom. The Balaban J connectivity index is 1.68. The van der Waals surface area contributed by atoms with Crippen molar-refractivity contribution in [3.63, 3.8) is 0 Å². The third-order valence-electron chi connectivity index (χ3n) is 6.80. The van der Waals surface area contributed by atoms with Gasteiger partial charge in [-0.15, -0.1) is 0 Å². The van der Waals surface area contributed by atoms with Crippen molar-refractivity contribution in [2.75, 3.05) is 26.8 Å². The molecule has 5 rings (SSSR count). The fraction of sp³-hybridized carbons (Fsp3) is 0.276. The minimum absolute atomic E-state index is 0.0171. The van der Waals surface area contributed by atoms with Crippen molar-refractivity contribution < 1.29 is 28.7 Å². The molecule has 200 valence electrons.